The number of carboxylic acid groups (broad SMARTS) is 1. The molecule has 1 aromatic carbocycles. The lowest BCUT2D eigenvalue weighted by atomic mass is 10.0. The molecule has 0 aliphatic carbocycles. The second-order valence-corrected chi connectivity index (χ2v) is 5.97. The van der Waals surface area contributed by atoms with Crippen molar-refractivity contribution in [3.8, 4) is 0 Å². The molecule has 0 spiro atoms. The van der Waals surface area contributed by atoms with Crippen LogP contribution < -0.4 is 5.32 Å². The first-order chi connectivity index (χ1) is 10.5. The van der Waals surface area contributed by atoms with Crippen LogP contribution >= 0.6 is 11.6 Å². The van der Waals surface area contributed by atoms with Gasteiger partial charge in [0.25, 0.3) is 0 Å². The molecule has 2 N–H and O–H groups in total. The number of rotatable bonds is 7. The van der Waals surface area contributed by atoms with Gasteiger partial charge >= 0.3 is 5.97 Å². The summed E-state index contributed by atoms with van der Waals surface area (Å²) in [5.41, 5.74) is 0.740. The molecule has 1 saturated heterocycles. The summed E-state index contributed by atoms with van der Waals surface area (Å²) >= 11 is 5.83. The molecular formula is C16H20ClNO4. The normalized spacial score (nSPS) is 18.9. The first-order valence-corrected chi connectivity index (χ1v) is 7.76. The minimum Gasteiger partial charge on any atom is -0.481 e. The predicted molar refractivity (Wildman–Crippen MR) is 82.7 cm³/mol. The highest BCUT2D eigenvalue weighted by molar-refractivity contribution is 6.30. The summed E-state index contributed by atoms with van der Waals surface area (Å²) in [5.74, 6) is -0.656. The van der Waals surface area contributed by atoms with Crippen LogP contribution in [0.25, 0.3) is 0 Å². The zero-order chi connectivity index (χ0) is 15.9. The average molecular weight is 326 g/mol. The summed E-state index contributed by atoms with van der Waals surface area (Å²) in [5, 5.41) is 12.4. The number of hydrogen-bond acceptors (Lipinski definition) is 3. The molecule has 1 fully saturated rings. The van der Waals surface area contributed by atoms with Crippen molar-refractivity contribution in [2.24, 2.45) is 5.92 Å². The average Bonchev–Trinajstić information content (AvgIpc) is 2.98. The Balaban J connectivity index is 1.91. The molecule has 5 nitrogen and oxygen atoms in total. The number of ether oxygens (including phenoxy) is 1. The van der Waals surface area contributed by atoms with E-state index in [1.165, 1.54) is 0 Å². The quantitative estimate of drug-likeness (QED) is 0.808. The monoisotopic (exact) mass is 325 g/mol. The number of carbonyl (C=O) groups excluding carboxylic acids is 1. The topological polar surface area (TPSA) is 75.6 Å². The summed E-state index contributed by atoms with van der Waals surface area (Å²) in [6.07, 6.45) is 1.99. The second kappa shape index (κ2) is 8.15. The highest BCUT2D eigenvalue weighted by Crippen LogP contribution is 2.21. The Morgan fingerprint density at radius 3 is 2.68 bits per heavy atom. The molecule has 6 heteroatoms. The van der Waals surface area contributed by atoms with Gasteiger partial charge in [0.15, 0.2) is 0 Å². The van der Waals surface area contributed by atoms with Crippen molar-refractivity contribution >= 4 is 23.5 Å². The van der Waals surface area contributed by atoms with E-state index in [0.717, 1.165) is 25.0 Å². The van der Waals surface area contributed by atoms with Crippen LogP contribution in [0.3, 0.4) is 0 Å². The summed E-state index contributed by atoms with van der Waals surface area (Å²) < 4.78 is 5.28. The highest BCUT2D eigenvalue weighted by atomic mass is 35.5. The Labute approximate surface area is 134 Å². The number of carbonyl (C=O) groups is 2. The summed E-state index contributed by atoms with van der Waals surface area (Å²) in [6.45, 7) is 1.47. The Bertz CT molecular complexity index is 511. The van der Waals surface area contributed by atoms with Crippen molar-refractivity contribution in [1.29, 1.82) is 0 Å². The summed E-state index contributed by atoms with van der Waals surface area (Å²) in [4.78, 5) is 23.1. The SMILES string of the molecule is O=C(O)C[C@H](NC(=O)CCC1CCOC1)c1ccc(Cl)cc1. The number of hydrogen-bond donors (Lipinski definition) is 2. The van der Waals surface area contributed by atoms with Crippen LogP contribution in [-0.4, -0.2) is 30.2 Å². The van der Waals surface area contributed by atoms with E-state index in [9.17, 15) is 9.59 Å². The molecular weight excluding hydrogens is 306 g/mol. The molecule has 1 unspecified atom stereocenters. The zero-order valence-corrected chi connectivity index (χ0v) is 13.0. The molecule has 1 aromatic rings. The number of halogens is 1. The summed E-state index contributed by atoms with van der Waals surface area (Å²) in [7, 11) is 0. The third-order valence-corrected chi connectivity index (χ3v) is 4.04. The second-order valence-electron chi connectivity index (χ2n) is 5.54. The van der Waals surface area contributed by atoms with Crippen molar-refractivity contribution in [3.05, 3.63) is 34.9 Å². The number of aliphatic carboxylic acids is 1. The van der Waals surface area contributed by atoms with Crippen molar-refractivity contribution < 1.29 is 19.4 Å². The smallest absolute Gasteiger partial charge is 0.305 e. The molecule has 0 saturated carbocycles. The Kier molecular flexibility index (Phi) is 6.21. The molecule has 0 bridgehead atoms. The maximum absolute atomic E-state index is 12.1. The minimum absolute atomic E-state index is 0.131. The Hall–Kier alpha value is -1.59. The van der Waals surface area contributed by atoms with Crippen LogP contribution in [0.2, 0.25) is 5.02 Å². The van der Waals surface area contributed by atoms with Gasteiger partial charge in [-0.25, -0.2) is 0 Å². The number of carboxylic acids is 1. The molecule has 120 valence electrons. The molecule has 1 heterocycles. The predicted octanol–water partition coefficient (Wildman–Crippen LogP) is 2.79. The van der Waals surface area contributed by atoms with Gasteiger partial charge in [-0.1, -0.05) is 23.7 Å². The van der Waals surface area contributed by atoms with E-state index in [1.807, 2.05) is 0 Å². The van der Waals surface area contributed by atoms with Crippen molar-refractivity contribution in [2.45, 2.75) is 31.7 Å². The van der Waals surface area contributed by atoms with E-state index in [0.29, 0.717) is 24.0 Å². The molecule has 2 atom stereocenters. The fraction of sp³-hybridized carbons (Fsp3) is 0.500. The molecule has 22 heavy (non-hydrogen) atoms. The standard InChI is InChI=1S/C16H20ClNO4/c17-13-4-2-12(3-5-13)14(9-16(20)21)18-15(19)6-1-11-7-8-22-10-11/h2-5,11,14H,1,6-10H2,(H,18,19)(H,20,21)/t11?,14-/m0/s1. The first-order valence-electron chi connectivity index (χ1n) is 7.39. The van der Waals surface area contributed by atoms with Gasteiger partial charge in [0.2, 0.25) is 5.91 Å². The molecule has 0 aromatic heterocycles. The van der Waals surface area contributed by atoms with E-state index < -0.39 is 12.0 Å². The summed E-state index contributed by atoms with van der Waals surface area (Å²) in [6, 6.07) is 6.31. The Morgan fingerprint density at radius 1 is 1.36 bits per heavy atom. The van der Waals surface area contributed by atoms with Gasteiger partial charge in [-0.2, -0.15) is 0 Å². The van der Waals surface area contributed by atoms with Crippen LogP contribution in [-0.2, 0) is 14.3 Å². The van der Waals surface area contributed by atoms with E-state index >= 15 is 0 Å². The fourth-order valence-corrected chi connectivity index (χ4v) is 2.66. The maximum Gasteiger partial charge on any atom is 0.305 e. The van der Waals surface area contributed by atoms with Gasteiger partial charge in [0, 0.05) is 24.7 Å². The van der Waals surface area contributed by atoms with Crippen LogP contribution in [0.5, 0.6) is 0 Å². The minimum atomic E-state index is -0.954. The van der Waals surface area contributed by atoms with Gasteiger partial charge in [0.05, 0.1) is 12.5 Å². The third-order valence-electron chi connectivity index (χ3n) is 3.79. The number of amides is 1. The molecule has 1 aliphatic rings. The van der Waals surface area contributed by atoms with Gasteiger partial charge in [-0.05, 0) is 36.5 Å². The van der Waals surface area contributed by atoms with Crippen LogP contribution in [0.4, 0.5) is 0 Å². The van der Waals surface area contributed by atoms with Crippen molar-refractivity contribution in [2.75, 3.05) is 13.2 Å². The number of nitrogens with one attached hydrogen (secondary N) is 1. The fourth-order valence-electron chi connectivity index (χ4n) is 2.53. The van der Waals surface area contributed by atoms with Gasteiger partial charge in [-0.3, -0.25) is 9.59 Å². The van der Waals surface area contributed by atoms with Crippen LogP contribution in [0, 0.1) is 5.92 Å². The van der Waals surface area contributed by atoms with Crippen molar-refractivity contribution in [1.82, 2.24) is 5.32 Å². The molecule has 0 radical (unpaired) electrons. The zero-order valence-electron chi connectivity index (χ0n) is 12.3. The lowest BCUT2D eigenvalue weighted by molar-refractivity contribution is -0.137. The van der Waals surface area contributed by atoms with Crippen LogP contribution in [0.1, 0.15) is 37.3 Å². The van der Waals surface area contributed by atoms with E-state index in [1.54, 1.807) is 24.3 Å². The lowest BCUT2D eigenvalue weighted by Crippen LogP contribution is -2.30. The molecule has 2 rings (SSSR count). The molecule has 1 amide bonds. The third kappa shape index (κ3) is 5.31. The molecule has 1 aliphatic heterocycles. The van der Waals surface area contributed by atoms with Crippen LogP contribution in [0.15, 0.2) is 24.3 Å². The van der Waals surface area contributed by atoms with Crippen molar-refractivity contribution in [3.63, 3.8) is 0 Å². The van der Waals surface area contributed by atoms with Gasteiger partial charge in [-0.15, -0.1) is 0 Å². The lowest BCUT2D eigenvalue weighted by Gasteiger charge is -2.18. The van der Waals surface area contributed by atoms with E-state index in [4.69, 9.17) is 21.4 Å². The first kappa shape index (κ1) is 16.8. The van der Waals surface area contributed by atoms with Gasteiger partial charge in [0.1, 0.15) is 0 Å². The van der Waals surface area contributed by atoms with E-state index in [2.05, 4.69) is 5.32 Å². The largest absolute Gasteiger partial charge is 0.481 e. The maximum atomic E-state index is 12.1. The highest BCUT2D eigenvalue weighted by Gasteiger charge is 2.20. The number of benzene rings is 1. The Morgan fingerprint density at radius 2 is 2.09 bits per heavy atom. The van der Waals surface area contributed by atoms with E-state index in [-0.39, 0.29) is 12.3 Å². The van der Waals surface area contributed by atoms with Gasteiger partial charge < -0.3 is 15.2 Å².